The molecule has 0 radical (unpaired) electrons. The lowest BCUT2D eigenvalue weighted by atomic mass is 10.0. The molecule has 4 aromatic rings. The molecule has 2 aliphatic rings. The zero-order chi connectivity index (χ0) is 23.2. The molecule has 0 unspecified atom stereocenters. The van der Waals surface area contributed by atoms with Gasteiger partial charge in [-0.3, -0.25) is 4.79 Å². The molecule has 0 atom stereocenters. The third-order valence-corrected chi connectivity index (χ3v) is 6.68. The normalized spacial score (nSPS) is 14.9. The van der Waals surface area contributed by atoms with Crippen molar-refractivity contribution in [2.24, 2.45) is 0 Å². The van der Waals surface area contributed by atoms with Crippen LogP contribution in [0.1, 0.15) is 58.3 Å². The van der Waals surface area contributed by atoms with Crippen molar-refractivity contribution >= 4 is 5.78 Å². The maximum absolute atomic E-state index is 13.4. The standard InChI is InChI=1S/C26H26N6O2/c1-16-11-24(34-2)19(13-22(16)31-14-21(27-15-31)17-8-9-17)23(33)12-18-5-3-6-20(28-18)26-30-29-25-7-4-10-32(25)26/h3,5-6,11,13-15,17H,4,7-10,12H2,1-2H3. The second-order valence-corrected chi connectivity index (χ2v) is 9.13. The van der Waals surface area contributed by atoms with Crippen LogP contribution in [0.2, 0.25) is 0 Å². The van der Waals surface area contributed by atoms with Gasteiger partial charge >= 0.3 is 0 Å². The fraction of sp³-hybridized carbons (Fsp3) is 0.346. The van der Waals surface area contributed by atoms with E-state index in [-0.39, 0.29) is 12.2 Å². The van der Waals surface area contributed by atoms with Gasteiger partial charge in [0.15, 0.2) is 11.6 Å². The Morgan fingerprint density at radius 1 is 1.21 bits per heavy atom. The Balaban J connectivity index is 1.30. The average Bonchev–Trinajstić information content (AvgIpc) is 3.21. The lowest BCUT2D eigenvalue weighted by Gasteiger charge is -2.14. The van der Waals surface area contributed by atoms with Crippen molar-refractivity contribution in [3.05, 3.63) is 71.2 Å². The van der Waals surface area contributed by atoms with Gasteiger partial charge in [0, 0.05) is 30.8 Å². The number of aryl methyl sites for hydroxylation is 2. The molecule has 34 heavy (non-hydrogen) atoms. The van der Waals surface area contributed by atoms with Gasteiger partial charge in [0.05, 0.1) is 36.8 Å². The van der Waals surface area contributed by atoms with Gasteiger partial charge in [0.25, 0.3) is 0 Å². The van der Waals surface area contributed by atoms with Crippen LogP contribution < -0.4 is 4.74 Å². The molecule has 0 spiro atoms. The first-order valence-electron chi connectivity index (χ1n) is 11.7. The first-order valence-corrected chi connectivity index (χ1v) is 11.7. The summed E-state index contributed by atoms with van der Waals surface area (Å²) >= 11 is 0. The first kappa shape index (κ1) is 20.8. The van der Waals surface area contributed by atoms with E-state index < -0.39 is 0 Å². The van der Waals surface area contributed by atoms with E-state index in [0.717, 1.165) is 53.7 Å². The van der Waals surface area contributed by atoms with Gasteiger partial charge in [-0.15, -0.1) is 10.2 Å². The molecule has 8 heteroatoms. The molecule has 6 rings (SSSR count). The number of carbonyl (C=O) groups excluding carboxylic acids is 1. The van der Waals surface area contributed by atoms with Crippen LogP contribution in [0.3, 0.4) is 0 Å². The maximum atomic E-state index is 13.4. The van der Waals surface area contributed by atoms with Crippen molar-refractivity contribution in [1.82, 2.24) is 29.3 Å². The van der Waals surface area contributed by atoms with Crippen LogP contribution in [-0.2, 0) is 19.4 Å². The van der Waals surface area contributed by atoms with Crippen LogP contribution >= 0.6 is 0 Å². The highest BCUT2D eigenvalue weighted by Gasteiger charge is 2.26. The molecule has 1 fully saturated rings. The molecule has 4 heterocycles. The number of carbonyl (C=O) groups is 1. The van der Waals surface area contributed by atoms with E-state index in [1.165, 1.54) is 12.8 Å². The molecular formula is C26H26N6O2. The maximum Gasteiger partial charge on any atom is 0.182 e. The highest BCUT2D eigenvalue weighted by Crippen LogP contribution is 2.39. The smallest absolute Gasteiger partial charge is 0.182 e. The van der Waals surface area contributed by atoms with Gasteiger partial charge in [-0.05, 0) is 56.0 Å². The summed E-state index contributed by atoms with van der Waals surface area (Å²) in [7, 11) is 1.60. The predicted octanol–water partition coefficient (Wildman–Crippen LogP) is 4.09. The Labute approximate surface area is 197 Å². The zero-order valence-corrected chi connectivity index (χ0v) is 19.4. The van der Waals surface area contributed by atoms with Crippen LogP contribution in [0.15, 0.2) is 42.9 Å². The van der Waals surface area contributed by atoms with Crippen LogP contribution in [0, 0.1) is 6.92 Å². The number of rotatable bonds is 7. The van der Waals surface area contributed by atoms with Gasteiger partial charge in [0.1, 0.15) is 17.3 Å². The third-order valence-electron chi connectivity index (χ3n) is 6.68. The van der Waals surface area contributed by atoms with Gasteiger partial charge in [-0.25, -0.2) is 9.97 Å². The van der Waals surface area contributed by atoms with E-state index in [2.05, 4.69) is 25.9 Å². The van der Waals surface area contributed by atoms with Crippen LogP contribution in [0.4, 0.5) is 0 Å². The highest BCUT2D eigenvalue weighted by atomic mass is 16.5. The summed E-state index contributed by atoms with van der Waals surface area (Å²) in [4.78, 5) is 22.7. The van der Waals surface area contributed by atoms with Crippen molar-refractivity contribution in [3.63, 3.8) is 0 Å². The van der Waals surface area contributed by atoms with Crippen molar-refractivity contribution in [2.75, 3.05) is 7.11 Å². The monoisotopic (exact) mass is 454 g/mol. The largest absolute Gasteiger partial charge is 0.496 e. The van der Waals surface area contributed by atoms with Crippen LogP contribution in [0.25, 0.3) is 17.2 Å². The summed E-state index contributed by atoms with van der Waals surface area (Å²) in [5.41, 5.74) is 5.05. The topological polar surface area (TPSA) is 87.7 Å². The summed E-state index contributed by atoms with van der Waals surface area (Å²) in [5.74, 6) is 2.87. The third kappa shape index (κ3) is 3.69. The number of benzene rings is 1. The molecule has 172 valence electrons. The van der Waals surface area contributed by atoms with E-state index in [4.69, 9.17) is 9.72 Å². The molecule has 8 nitrogen and oxygen atoms in total. The molecule has 3 aromatic heterocycles. The number of fused-ring (bicyclic) bond motifs is 1. The molecule has 1 aromatic carbocycles. The summed E-state index contributed by atoms with van der Waals surface area (Å²) in [6, 6.07) is 9.55. The highest BCUT2D eigenvalue weighted by molar-refractivity contribution is 6.00. The fourth-order valence-electron chi connectivity index (χ4n) is 4.70. The predicted molar refractivity (Wildman–Crippen MR) is 126 cm³/mol. The number of ketones is 1. The lowest BCUT2D eigenvalue weighted by Crippen LogP contribution is -2.10. The van der Waals surface area contributed by atoms with Crippen molar-refractivity contribution < 1.29 is 9.53 Å². The van der Waals surface area contributed by atoms with E-state index in [9.17, 15) is 4.79 Å². The lowest BCUT2D eigenvalue weighted by molar-refractivity contribution is 0.0989. The second kappa shape index (κ2) is 8.20. The Morgan fingerprint density at radius 3 is 2.91 bits per heavy atom. The molecular weight excluding hydrogens is 428 g/mol. The number of hydrogen-bond acceptors (Lipinski definition) is 6. The summed E-state index contributed by atoms with van der Waals surface area (Å²) in [6.45, 7) is 2.92. The number of Topliss-reactive ketones (excluding diaryl/α,β-unsaturated/α-hetero) is 1. The Hall–Kier alpha value is -3.81. The number of hydrogen-bond donors (Lipinski definition) is 0. The van der Waals surface area contributed by atoms with E-state index in [1.54, 1.807) is 7.11 Å². The number of pyridine rings is 1. The van der Waals surface area contributed by atoms with Gasteiger partial charge in [-0.2, -0.15) is 0 Å². The van der Waals surface area contributed by atoms with Crippen molar-refractivity contribution in [3.8, 4) is 23.0 Å². The van der Waals surface area contributed by atoms with Crippen molar-refractivity contribution in [1.29, 1.82) is 0 Å². The van der Waals surface area contributed by atoms with Crippen molar-refractivity contribution in [2.45, 2.75) is 51.5 Å². The van der Waals surface area contributed by atoms with Crippen LogP contribution in [-0.4, -0.2) is 42.2 Å². The minimum Gasteiger partial charge on any atom is -0.496 e. The molecule has 0 bridgehead atoms. The quantitative estimate of drug-likeness (QED) is 0.391. The number of nitrogens with zero attached hydrogens (tertiary/aromatic N) is 6. The van der Waals surface area contributed by atoms with Gasteiger partial charge in [0.2, 0.25) is 0 Å². The minimum absolute atomic E-state index is 0.0447. The average molecular weight is 455 g/mol. The first-order chi connectivity index (χ1) is 16.6. The molecule has 1 saturated carbocycles. The molecule has 1 aliphatic carbocycles. The van der Waals surface area contributed by atoms with Crippen LogP contribution in [0.5, 0.6) is 5.75 Å². The Kier molecular flexibility index (Phi) is 5.01. The fourth-order valence-corrected chi connectivity index (χ4v) is 4.70. The Bertz CT molecular complexity index is 1400. The molecule has 1 aliphatic heterocycles. The second-order valence-electron chi connectivity index (χ2n) is 9.13. The minimum atomic E-state index is -0.0447. The SMILES string of the molecule is COc1cc(C)c(-n2cnc(C3CC3)c2)cc1C(=O)Cc1cccc(-c2nnc3n2CCC3)n1. The molecule has 0 N–H and O–H groups in total. The molecule has 0 amide bonds. The van der Waals surface area contributed by atoms with Gasteiger partial charge in [-0.1, -0.05) is 6.07 Å². The van der Waals surface area contributed by atoms with E-state index >= 15 is 0 Å². The van der Waals surface area contributed by atoms with Gasteiger partial charge < -0.3 is 13.9 Å². The number of aromatic nitrogens is 6. The number of ether oxygens (including phenoxy) is 1. The number of imidazole rings is 1. The zero-order valence-electron chi connectivity index (χ0n) is 19.4. The van der Waals surface area contributed by atoms with E-state index in [0.29, 0.717) is 22.9 Å². The molecule has 0 saturated heterocycles. The Morgan fingerprint density at radius 2 is 2.09 bits per heavy atom. The summed E-state index contributed by atoms with van der Waals surface area (Å²) < 4.78 is 9.69. The number of methoxy groups -OCH3 is 1. The summed E-state index contributed by atoms with van der Waals surface area (Å²) in [5, 5.41) is 8.60. The summed E-state index contributed by atoms with van der Waals surface area (Å²) in [6.07, 6.45) is 8.50. The van der Waals surface area contributed by atoms with E-state index in [1.807, 2.05) is 48.1 Å².